The lowest BCUT2D eigenvalue weighted by molar-refractivity contribution is -0.128. The third kappa shape index (κ3) is 5.30. The molecule has 4 aromatic rings. The number of amides is 2. The van der Waals surface area contributed by atoms with E-state index in [-0.39, 0.29) is 47.3 Å². The van der Waals surface area contributed by atoms with Crippen molar-refractivity contribution in [2.24, 2.45) is 0 Å². The average molecular weight is 626 g/mol. The van der Waals surface area contributed by atoms with E-state index in [1.807, 2.05) is 9.80 Å². The van der Waals surface area contributed by atoms with Gasteiger partial charge in [0, 0.05) is 11.0 Å². The van der Waals surface area contributed by atoms with Crippen LogP contribution in [0.2, 0.25) is 0 Å². The molecule has 4 aromatic carbocycles. The van der Waals surface area contributed by atoms with Crippen molar-refractivity contribution in [3.63, 3.8) is 0 Å². The van der Waals surface area contributed by atoms with Crippen LogP contribution in [0.4, 0.5) is 11.4 Å². The fourth-order valence-corrected chi connectivity index (χ4v) is 7.74. The molecular formula is C43H49N2O2. The van der Waals surface area contributed by atoms with Crippen molar-refractivity contribution in [2.75, 3.05) is 9.80 Å². The summed E-state index contributed by atoms with van der Waals surface area (Å²) in [5.41, 5.74) is 11.8. The van der Waals surface area contributed by atoms with Gasteiger partial charge in [0.1, 0.15) is 6.42 Å². The third-order valence-corrected chi connectivity index (χ3v) is 10.2. The van der Waals surface area contributed by atoms with Crippen LogP contribution in [0, 0.1) is 6.17 Å². The van der Waals surface area contributed by atoms with Crippen molar-refractivity contribution in [1.82, 2.24) is 0 Å². The highest BCUT2D eigenvalue weighted by Gasteiger charge is 2.47. The molecule has 1 aliphatic carbocycles. The number of hydrogen-bond acceptors (Lipinski definition) is 2. The number of hydrogen-bond donors (Lipinski definition) is 0. The van der Waals surface area contributed by atoms with Crippen molar-refractivity contribution >= 4 is 23.2 Å². The summed E-state index contributed by atoms with van der Waals surface area (Å²) in [5.74, 6) is 0.309. The van der Waals surface area contributed by atoms with Gasteiger partial charge in [-0.1, -0.05) is 142 Å². The summed E-state index contributed by atoms with van der Waals surface area (Å²) in [6.07, 6.45) is 0.430. The quantitative estimate of drug-likeness (QED) is 0.192. The fraction of sp³-hybridized carbons (Fsp3) is 0.372. The number of para-hydroxylation sites is 2. The number of carbonyl (C=O) groups is 2. The van der Waals surface area contributed by atoms with Crippen LogP contribution < -0.4 is 9.80 Å². The Morgan fingerprint density at radius 2 is 0.957 bits per heavy atom. The zero-order chi connectivity index (χ0) is 33.9. The fourth-order valence-electron chi connectivity index (χ4n) is 7.74. The molecule has 4 nitrogen and oxygen atoms in total. The van der Waals surface area contributed by atoms with Gasteiger partial charge in [-0.05, 0) is 74.2 Å². The molecular weight excluding hydrogens is 576 g/mol. The number of fused-ring (bicyclic) bond motifs is 3. The van der Waals surface area contributed by atoms with E-state index >= 15 is 0 Å². The van der Waals surface area contributed by atoms with E-state index in [1.165, 1.54) is 16.7 Å². The van der Waals surface area contributed by atoms with Crippen LogP contribution in [0.25, 0.3) is 11.1 Å². The molecule has 0 N–H and O–H groups in total. The smallest absolute Gasteiger partial charge is 0.238 e. The molecule has 4 heteroatoms. The van der Waals surface area contributed by atoms with Crippen LogP contribution in [0.15, 0.2) is 78.9 Å². The second kappa shape index (κ2) is 12.1. The Balaban J connectivity index is 1.71. The lowest BCUT2D eigenvalue weighted by atomic mass is 9.82. The minimum Gasteiger partial charge on any atom is -0.279 e. The van der Waals surface area contributed by atoms with E-state index in [1.54, 1.807) is 0 Å². The summed E-state index contributed by atoms with van der Waals surface area (Å²) < 4.78 is 0. The SMILES string of the molecule is CC(C)c1cccc(C(C)C)c1N1[C](c2ccc3c(c2)-c2ccccc2C3(C)C)N(c2c(C(C)C)cccc2C(C)C)C(=O)CC1=O. The zero-order valence-electron chi connectivity index (χ0n) is 29.7. The van der Waals surface area contributed by atoms with Crippen LogP contribution >= 0.6 is 0 Å². The first-order valence-corrected chi connectivity index (χ1v) is 17.3. The molecule has 1 fully saturated rings. The highest BCUT2D eigenvalue weighted by Crippen LogP contribution is 2.51. The molecule has 47 heavy (non-hydrogen) atoms. The number of anilines is 2. The van der Waals surface area contributed by atoms with Gasteiger partial charge in [-0.15, -0.1) is 0 Å². The summed E-state index contributed by atoms with van der Waals surface area (Å²) in [5, 5.41) is 0. The van der Waals surface area contributed by atoms with E-state index in [2.05, 4.69) is 148 Å². The van der Waals surface area contributed by atoms with Gasteiger partial charge in [-0.3, -0.25) is 19.4 Å². The van der Waals surface area contributed by atoms with Crippen LogP contribution in [0.3, 0.4) is 0 Å². The number of benzene rings is 4. The zero-order valence-corrected chi connectivity index (χ0v) is 29.7. The highest BCUT2D eigenvalue weighted by atomic mass is 16.2. The molecule has 1 heterocycles. The van der Waals surface area contributed by atoms with Gasteiger partial charge in [-0.25, -0.2) is 0 Å². The van der Waals surface area contributed by atoms with Gasteiger partial charge in [0.05, 0.1) is 11.4 Å². The minimum atomic E-state index is -0.196. The predicted molar refractivity (Wildman–Crippen MR) is 195 cm³/mol. The normalized spacial score (nSPS) is 16.2. The summed E-state index contributed by atoms with van der Waals surface area (Å²) in [6, 6.07) is 28.0. The van der Waals surface area contributed by atoms with Gasteiger partial charge in [-0.2, -0.15) is 0 Å². The molecule has 1 aliphatic heterocycles. The molecule has 0 saturated carbocycles. The topological polar surface area (TPSA) is 40.6 Å². The summed E-state index contributed by atoms with van der Waals surface area (Å²) in [7, 11) is 0. The molecule has 0 atom stereocenters. The van der Waals surface area contributed by atoms with Gasteiger partial charge in [0.25, 0.3) is 0 Å². The minimum absolute atomic E-state index is 0.156. The molecule has 2 amide bonds. The summed E-state index contributed by atoms with van der Waals surface area (Å²) in [6.45, 7) is 22.0. The van der Waals surface area contributed by atoms with Gasteiger partial charge in [0.15, 0.2) is 0 Å². The first kappa shape index (κ1) is 32.7. The summed E-state index contributed by atoms with van der Waals surface area (Å²) >= 11 is 0. The van der Waals surface area contributed by atoms with Gasteiger partial charge < -0.3 is 0 Å². The Morgan fingerprint density at radius 1 is 0.532 bits per heavy atom. The van der Waals surface area contributed by atoms with E-state index < -0.39 is 0 Å². The van der Waals surface area contributed by atoms with Crippen LogP contribution in [-0.2, 0) is 15.0 Å². The molecule has 0 unspecified atom stereocenters. The largest absolute Gasteiger partial charge is 0.279 e. The Kier molecular flexibility index (Phi) is 8.45. The van der Waals surface area contributed by atoms with Crippen molar-refractivity contribution in [3.05, 3.63) is 124 Å². The molecule has 0 bridgehead atoms. The first-order chi connectivity index (χ1) is 22.2. The Bertz CT molecular complexity index is 1730. The maximum atomic E-state index is 14.5. The number of rotatable bonds is 7. The lowest BCUT2D eigenvalue weighted by Crippen LogP contribution is -2.55. The molecule has 2 aliphatic rings. The predicted octanol–water partition coefficient (Wildman–Crippen LogP) is 10.8. The van der Waals surface area contributed by atoms with Crippen LogP contribution in [0.5, 0.6) is 0 Å². The Hall–Kier alpha value is -4.18. The Labute approximate surface area is 281 Å². The monoisotopic (exact) mass is 625 g/mol. The van der Waals surface area contributed by atoms with E-state index in [0.29, 0.717) is 6.17 Å². The van der Waals surface area contributed by atoms with Gasteiger partial charge >= 0.3 is 0 Å². The van der Waals surface area contributed by atoms with Crippen molar-refractivity contribution in [3.8, 4) is 11.1 Å². The number of nitrogens with zero attached hydrogens (tertiary/aromatic N) is 2. The van der Waals surface area contributed by atoms with Crippen LogP contribution in [-0.4, -0.2) is 11.8 Å². The van der Waals surface area contributed by atoms with Crippen molar-refractivity contribution < 1.29 is 9.59 Å². The van der Waals surface area contributed by atoms with E-state index in [9.17, 15) is 9.59 Å². The van der Waals surface area contributed by atoms with Gasteiger partial charge in [0.2, 0.25) is 18.0 Å². The van der Waals surface area contributed by atoms with Crippen molar-refractivity contribution in [1.29, 1.82) is 0 Å². The van der Waals surface area contributed by atoms with Crippen molar-refractivity contribution in [2.45, 2.75) is 105 Å². The van der Waals surface area contributed by atoms with Crippen LogP contribution in [0.1, 0.15) is 138 Å². The van der Waals surface area contributed by atoms with E-state index in [4.69, 9.17) is 0 Å². The maximum absolute atomic E-state index is 14.5. The lowest BCUT2D eigenvalue weighted by Gasteiger charge is -2.45. The molecule has 1 radical (unpaired) electrons. The molecule has 243 valence electrons. The highest BCUT2D eigenvalue weighted by molar-refractivity contribution is 6.18. The number of carbonyl (C=O) groups excluding carboxylic acids is 2. The third-order valence-electron chi connectivity index (χ3n) is 10.2. The van der Waals surface area contributed by atoms with E-state index in [0.717, 1.165) is 44.8 Å². The standard InChI is InChI=1S/C43H49N2O2/c1-25(2)30-16-13-17-31(26(3)4)40(30)44-38(46)24-39(47)45(41-32(27(5)6)18-14-19-33(41)28(7)8)42(44)29-21-22-37-35(23-29)34-15-11-12-20-36(34)43(37,9)10/h11-23,25-28H,24H2,1-10H3. The summed E-state index contributed by atoms with van der Waals surface area (Å²) in [4.78, 5) is 32.9. The molecule has 0 aromatic heterocycles. The first-order valence-electron chi connectivity index (χ1n) is 17.3. The molecule has 1 saturated heterocycles. The maximum Gasteiger partial charge on any atom is 0.238 e. The molecule has 6 rings (SSSR count). The average Bonchev–Trinajstić information content (AvgIpc) is 3.25. The second-order valence-corrected chi connectivity index (χ2v) is 15.1. The second-order valence-electron chi connectivity index (χ2n) is 15.1. The Morgan fingerprint density at radius 3 is 1.40 bits per heavy atom. The molecule has 0 spiro atoms.